The molecule has 118 valence electrons. The number of halogens is 1. The van der Waals surface area contributed by atoms with Crippen LogP contribution in [0.25, 0.3) is 10.8 Å². The maximum Gasteiger partial charge on any atom is 0.266 e. The minimum atomic E-state index is -0.352. The Morgan fingerprint density at radius 2 is 1.67 bits per heavy atom. The zero-order valence-corrected chi connectivity index (χ0v) is 14.3. The highest BCUT2D eigenvalue weighted by Gasteiger charge is 2.35. The van der Waals surface area contributed by atoms with Crippen LogP contribution >= 0.6 is 15.9 Å². The van der Waals surface area contributed by atoms with Gasteiger partial charge in [-0.15, -0.1) is 0 Å². The van der Waals surface area contributed by atoms with Crippen LogP contribution in [0.15, 0.2) is 59.1 Å². The molecule has 0 N–H and O–H groups in total. The predicted octanol–water partition coefficient (Wildman–Crippen LogP) is 4.41. The number of rotatable bonds is 2. The first-order valence-electron chi connectivity index (χ1n) is 7.36. The van der Waals surface area contributed by atoms with Gasteiger partial charge in [-0.25, -0.2) is 4.90 Å². The van der Waals surface area contributed by atoms with Gasteiger partial charge in [0, 0.05) is 15.4 Å². The number of para-hydroxylation sites is 2. The summed E-state index contributed by atoms with van der Waals surface area (Å²) in [5.41, 5.74) is 1.46. The Hall–Kier alpha value is -2.66. The average Bonchev–Trinajstić information content (AvgIpc) is 2.59. The molecule has 4 rings (SSSR count). The van der Waals surface area contributed by atoms with Gasteiger partial charge in [-0.05, 0) is 35.7 Å². The SMILES string of the molecule is COc1ccccc1N1C(=O)c2cccc3cc(Br)cc(c23)C1=O. The monoisotopic (exact) mass is 381 g/mol. The van der Waals surface area contributed by atoms with Gasteiger partial charge >= 0.3 is 0 Å². The smallest absolute Gasteiger partial charge is 0.266 e. The number of carbonyl (C=O) groups excluding carboxylic acids is 2. The highest BCUT2D eigenvalue weighted by molar-refractivity contribution is 9.10. The predicted molar refractivity (Wildman–Crippen MR) is 95.8 cm³/mol. The largest absolute Gasteiger partial charge is 0.495 e. The van der Waals surface area contributed by atoms with Gasteiger partial charge in [0.25, 0.3) is 11.8 Å². The molecule has 0 unspecified atom stereocenters. The fourth-order valence-corrected chi connectivity index (χ4v) is 3.58. The lowest BCUT2D eigenvalue weighted by molar-refractivity contribution is 0.0892. The van der Waals surface area contributed by atoms with Crippen molar-refractivity contribution in [2.75, 3.05) is 12.0 Å². The van der Waals surface area contributed by atoms with Crippen LogP contribution in [-0.2, 0) is 0 Å². The molecule has 2 amide bonds. The van der Waals surface area contributed by atoms with Crippen LogP contribution in [0.1, 0.15) is 20.7 Å². The van der Waals surface area contributed by atoms with Gasteiger partial charge in [0.05, 0.1) is 18.4 Å². The molecule has 5 heteroatoms. The molecule has 0 saturated heterocycles. The van der Waals surface area contributed by atoms with E-state index in [1.54, 1.807) is 36.4 Å². The number of amides is 2. The van der Waals surface area contributed by atoms with E-state index in [-0.39, 0.29) is 11.8 Å². The number of anilines is 1. The molecule has 0 bridgehead atoms. The van der Waals surface area contributed by atoms with Gasteiger partial charge in [-0.2, -0.15) is 0 Å². The zero-order valence-electron chi connectivity index (χ0n) is 12.7. The van der Waals surface area contributed by atoms with Gasteiger partial charge in [0.15, 0.2) is 0 Å². The minimum Gasteiger partial charge on any atom is -0.495 e. The molecule has 1 aliphatic rings. The molecule has 0 saturated carbocycles. The fraction of sp³-hybridized carbons (Fsp3) is 0.0526. The zero-order chi connectivity index (χ0) is 16.8. The van der Waals surface area contributed by atoms with Crippen molar-refractivity contribution >= 4 is 44.2 Å². The molecule has 0 aliphatic carbocycles. The molecule has 3 aromatic carbocycles. The third-order valence-electron chi connectivity index (χ3n) is 4.13. The summed E-state index contributed by atoms with van der Waals surface area (Å²) in [5.74, 6) is -0.218. The molecule has 1 heterocycles. The second-order valence-electron chi connectivity index (χ2n) is 5.47. The van der Waals surface area contributed by atoms with Crippen LogP contribution in [0.4, 0.5) is 5.69 Å². The van der Waals surface area contributed by atoms with Crippen molar-refractivity contribution in [2.24, 2.45) is 0 Å². The fourth-order valence-electron chi connectivity index (χ4n) is 3.10. The third kappa shape index (κ3) is 2.05. The van der Waals surface area contributed by atoms with Gasteiger partial charge in [-0.3, -0.25) is 9.59 Å². The molecule has 24 heavy (non-hydrogen) atoms. The average molecular weight is 382 g/mol. The van der Waals surface area contributed by atoms with E-state index < -0.39 is 0 Å². The van der Waals surface area contributed by atoms with Crippen LogP contribution in [0.3, 0.4) is 0 Å². The number of methoxy groups -OCH3 is 1. The van der Waals surface area contributed by atoms with Crippen molar-refractivity contribution < 1.29 is 14.3 Å². The van der Waals surface area contributed by atoms with E-state index in [1.165, 1.54) is 12.0 Å². The summed E-state index contributed by atoms with van der Waals surface area (Å²) in [5, 5.41) is 1.56. The summed E-state index contributed by atoms with van der Waals surface area (Å²) in [6.45, 7) is 0. The Morgan fingerprint density at radius 3 is 2.46 bits per heavy atom. The number of benzene rings is 3. The first kappa shape index (κ1) is 14.9. The lowest BCUT2D eigenvalue weighted by Gasteiger charge is -2.28. The minimum absolute atomic E-state index is 0.343. The number of ether oxygens (including phenoxy) is 1. The van der Waals surface area contributed by atoms with Gasteiger partial charge in [-0.1, -0.05) is 40.2 Å². The Bertz CT molecular complexity index is 1010. The molecule has 4 nitrogen and oxygen atoms in total. The van der Waals surface area contributed by atoms with Gasteiger partial charge < -0.3 is 4.74 Å². The molecular formula is C19H12BrNO3. The first-order valence-corrected chi connectivity index (χ1v) is 8.15. The van der Waals surface area contributed by atoms with Crippen LogP contribution < -0.4 is 9.64 Å². The normalized spacial score (nSPS) is 13.5. The van der Waals surface area contributed by atoms with E-state index >= 15 is 0 Å². The molecular weight excluding hydrogens is 370 g/mol. The standard InChI is InChI=1S/C19H12BrNO3/c1-24-16-8-3-2-7-15(16)21-18(22)13-6-4-5-11-9-12(20)10-14(17(11)13)19(21)23/h2-10H,1H3. The van der Waals surface area contributed by atoms with E-state index in [2.05, 4.69) is 15.9 Å². The van der Waals surface area contributed by atoms with Crippen molar-refractivity contribution in [1.82, 2.24) is 0 Å². The summed E-state index contributed by atoms with van der Waals surface area (Å²) in [6, 6.07) is 16.1. The third-order valence-corrected chi connectivity index (χ3v) is 4.59. The van der Waals surface area contributed by atoms with E-state index in [1.807, 2.05) is 18.2 Å². The molecule has 1 aliphatic heterocycles. The molecule has 0 spiro atoms. The molecule has 0 atom stereocenters. The summed E-state index contributed by atoms with van der Waals surface area (Å²) in [4.78, 5) is 27.3. The highest BCUT2D eigenvalue weighted by Crippen LogP contribution is 2.37. The Kier molecular flexibility index (Phi) is 3.39. The van der Waals surface area contributed by atoms with E-state index in [4.69, 9.17) is 4.74 Å². The van der Waals surface area contributed by atoms with E-state index in [0.717, 1.165) is 9.86 Å². The van der Waals surface area contributed by atoms with Crippen molar-refractivity contribution in [3.63, 3.8) is 0 Å². The molecule has 0 fully saturated rings. The van der Waals surface area contributed by atoms with Crippen molar-refractivity contribution in [3.8, 4) is 5.75 Å². The van der Waals surface area contributed by atoms with Crippen LogP contribution in [0.5, 0.6) is 5.75 Å². The maximum absolute atomic E-state index is 13.1. The summed E-state index contributed by atoms with van der Waals surface area (Å²) in [6.07, 6.45) is 0. The first-order chi connectivity index (χ1) is 11.6. The summed E-state index contributed by atoms with van der Waals surface area (Å²) in [7, 11) is 1.52. The van der Waals surface area contributed by atoms with Crippen LogP contribution in [0.2, 0.25) is 0 Å². The van der Waals surface area contributed by atoms with Gasteiger partial charge in [0.2, 0.25) is 0 Å². The van der Waals surface area contributed by atoms with Crippen molar-refractivity contribution in [2.45, 2.75) is 0 Å². The topological polar surface area (TPSA) is 46.6 Å². The number of imide groups is 1. The number of hydrogen-bond donors (Lipinski definition) is 0. The lowest BCUT2D eigenvalue weighted by Crippen LogP contribution is -2.40. The lowest BCUT2D eigenvalue weighted by atomic mass is 9.93. The van der Waals surface area contributed by atoms with E-state index in [0.29, 0.717) is 28.0 Å². The van der Waals surface area contributed by atoms with Crippen LogP contribution in [0, 0.1) is 0 Å². The Labute approximate surface area is 146 Å². The van der Waals surface area contributed by atoms with Crippen molar-refractivity contribution in [1.29, 1.82) is 0 Å². The second kappa shape index (κ2) is 5.46. The second-order valence-corrected chi connectivity index (χ2v) is 6.39. The number of carbonyl (C=O) groups is 2. The van der Waals surface area contributed by atoms with E-state index in [9.17, 15) is 9.59 Å². The molecule has 3 aromatic rings. The number of hydrogen-bond acceptors (Lipinski definition) is 3. The quantitative estimate of drug-likeness (QED) is 0.617. The Balaban J connectivity index is 2.02. The molecule has 0 aromatic heterocycles. The number of nitrogens with zero attached hydrogens (tertiary/aromatic N) is 1. The van der Waals surface area contributed by atoms with Gasteiger partial charge in [0.1, 0.15) is 5.75 Å². The summed E-state index contributed by atoms with van der Waals surface area (Å²) < 4.78 is 6.12. The summed E-state index contributed by atoms with van der Waals surface area (Å²) >= 11 is 3.44. The van der Waals surface area contributed by atoms with Crippen LogP contribution in [-0.4, -0.2) is 18.9 Å². The van der Waals surface area contributed by atoms with Crippen molar-refractivity contribution in [3.05, 3.63) is 70.2 Å². The maximum atomic E-state index is 13.1. The highest BCUT2D eigenvalue weighted by atomic mass is 79.9. The Morgan fingerprint density at radius 1 is 0.917 bits per heavy atom. The molecule has 0 radical (unpaired) electrons.